The highest BCUT2D eigenvalue weighted by Crippen LogP contribution is 2.51. The van der Waals surface area contributed by atoms with Gasteiger partial charge in [-0.25, -0.2) is 8.78 Å². The minimum atomic E-state index is -0.870. The van der Waals surface area contributed by atoms with Gasteiger partial charge in [-0.15, -0.1) is 0 Å². The molecule has 3 N–H and O–H groups in total. The number of rotatable bonds is 7. The molecule has 3 aliphatic heterocycles. The average molecular weight is 558 g/mol. The molecule has 0 spiro atoms. The number of carbonyl (C=O) groups excluding carboxylic acids is 1. The predicted molar refractivity (Wildman–Crippen MR) is 144 cm³/mol. The summed E-state index contributed by atoms with van der Waals surface area (Å²) < 4.78 is 41.8. The number of carbonyl (C=O) groups is 1. The number of thiophene rings is 1. The maximum absolute atomic E-state index is 14.5. The lowest BCUT2D eigenvalue weighted by atomic mass is 9.73. The molecule has 0 aliphatic carbocycles. The second kappa shape index (κ2) is 11.3. The maximum atomic E-state index is 14.5. The summed E-state index contributed by atoms with van der Waals surface area (Å²) in [5.74, 6) is -2.60. The molecule has 2 fully saturated rings. The first kappa shape index (κ1) is 26.4. The van der Waals surface area contributed by atoms with Crippen LogP contribution in [0.2, 0.25) is 0 Å². The Hall–Kier alpha value is -2.86. The van der Waals surface area contributed by atoms with E-state index in [1.54, 1.807) is 12.3 Å². The van der Waals surface area contributed by atoms with Crippen LogP contribution in [0.4, 0.5) is 8.78 Å². The van der Waals surface area contributed by atoms with Crippen LogP contribution in [-0.4, -0.2) is 72.6 Å². The van der Waals surface area contributed by atoms with E-state index in [2.05, 4.69) is 15.3 Å². The Labute approximate surface area is 230 Å². The fraction of sp³-hybridized carbons (Fsp3) is 0.500. The second-order valence-electron chi connectivity index (χ2n) is 10.5. The smallest absolute Gasteiger partial charge is 0.259 e. The van der Waals surface area contributed by atoms with Crippen molar-refractivity contribution in [3.05, 3.63) is 58.1 Å². The maximum Gasteiger partial charge on any atom is 0.259 e. The molecule has 5 heterocycles. The summed E-state index contributed by atoms with van der Waals surface area (Å²) in [6.45, 7) is 6.06. The molecule has 11 heteroatoms. The molecule has 3 aromatic rings. The number of nitrogens with one attached hydrogen (secondary N) is 1. The normalized spacial score (nSPS) is 23.5. The molecule has 0 radical (unpaired) electrons. The molecule has 208 valence electrons. The molecule has 0 unspecified atom stereocenters. The Balaban J connectivity index is 1.34. The summed E-state index contributed by atoms with van der Waals surface area (Å²) >= 11 is 1.26. The number of ether oxygens (including phenoxy) is 2. The second-order valence-corrected chi connectivity index (χ2v) is 11.5. The van der Waals surface area contributed by atoms with E-state index in [0.29, 0.717) is 29.6 Å². The first-order valence-corrected chi connectivity index (χ1v) is 14.4. The zero-order chi connectivity index (χ0) is 26.9. The van der Waals surface area contributed by atoms with Crippen LogP contribution in [-0.2, 0) is 11.3 Å². The molecule has 0 saturated carbocycles. The zero-order valence-corrected chi connectivity index (χ0v) is 22.5. The van der Waals surface area contributed by atoms with Gasteiger partial charge in [-0.3, -0.25) is 14.4 Å². The number of aromatic nitrogens is 2. The molecule has 39 heavy (non-hydrogen) atoms. The van der Waals surface area contributed by atoms with Gasteiger partial charge in [-0.05, 0) is 61.1 Å². The highest BCUT2D eigenvalue weighted by molar-refractivity contribution is 7.16. The first-order chi connectivity index (χ1) is 19.0. The van der Waals surface area contributed by atoms with Crippen molar-refractivity contribution in [1.29, 1.82) is 0 Å². The summed E-state index contributed by atoms with van der Waals surface area (Å²) in [5, 5.41) is 8.80. The summed E-state index contributed by atoms with van der Waals surface area (Å²) in [4.78, 5) is 15.6. The number of nitrogens with two attached hydrogens (primary N) is 1. The van der Waals surface area contributed by atoms with E-state index in [0.717, 1.165) is 74.5 Å². The van der Waals surface area contributed by atoms with Crippen molar-refractivity contribution in [2.45, 2.75) is 43.7 Å². The Morgan fingerprint density at radius 2 is 1.97 bits per heavy atom. The molecule has 1 amide bonds. The minimum Gasteiger partial charge on any atom is -0.481 e. The highest BCUT2D eigenvalue weighted by atomic mass is 32.1. The lowest BCUT2D eigenvalue weighted by Gasteiger charge is -2.38. The molecule has 1 aromatic carbocycles. The Bertz CT molecular complexity index is 1340. The van der Waals surface area contributed by atoms with E-state index in [-0.39, 0.29) is 17.9 Å². The van der Waals surface area contributed by atoms with Crippen LogP contribution in [0.5, 0.6) is 5.06 Å². The first-order valence-electron chi connectivity index (χ1n) is 13.6. The molecule has 3 aliphatic rings. The van der Waals surface area contributed by atoms with E-state index in [4.69, 9.17) is 15.2 Å². The van der Waals surface area contributed by atoms with Gasteiger partial charge in [0, 0.05) is 37.8 Å². The van der Waals surface area contributed by atoms with Crippen molar-refractivity contribution in [2.75, 3.05) is 46.0 Å². The molecule has 3 atom stereocenters. The van der Waals surface area contributed by atoms with Gasteiger partial charge in [0.15, 0.2) is 16.7 Å². The van der Waals surface area contributed by atoms with Gasteiger partial charge in [-0.1, -0.05) is 17.4 Å². The number of piperidine rings is 1. The monoisotopic (exact) mass is 557 g/mol. The summed E-state index contributed by atoms with van der Waals surface area (Å²) in [6.07, 6.45) is 4.46. The summed E-state index contributed by atoms with van der Waals surface area (Å²) in [7, 11) is 0. The molecule has 2 saturated heterocycles. The van der Waals surface area contributed by atoms with Gasteiger partial charge in [-0.2, -0.15) is 5.10 Å². The zero-order valence-electron chi connectivity index (χ0n) is 21.7. The van der Waals surface area contributed by atoms with Crippen LogP contribution < -0.4 is 15.8 Å². The van der Waals surface area contributed by atoms with Crippen LogP contribution >= 0.6 is 11.3 Å². The van der Waals surface area contributed by atoms with Crippen molar-refractivity contribution in [3.8, 4) is 16.3 Å². The molecular weight excluding hydrogens is 524 g/mol. The molecule has 0 bridgehead atoms. The van der Waals surface area contributed by atoms with Gasteiger partial charge in [0.2, 0.25) is 0 Å². The van der Waals surface area contributed by atoms with E-state index in [1.165, 1.54) is 23.5 Å². The SMILES string of the molecule is NC(=O)c1sc2c(c1[C@H]1CN[C@H](CCCN3CCOCC3)C[C@@H]1c1ccc(F)c(F)c1)-c1ccnn1CCO2. The number of benzene rings is 1. The van der Waals surface area contributed by atoms with Gasteiger partial charge >= 0.3 is 0 Å². The number of hydrogen-bond donors (Lipinski definition) is 2. The van der Waals surface area contributed by atoms with Crippen LogP contribution in [0, 0.1) is 11.6 Å². The Kier molecular flexibility index (Phi) is 7.66. The molecular formula is C28H33F2N5O3S. The number of amides is 1. The van der Waals surface area contributed by atoms with E-state index in [1.807, 2.05) is 10.7 Å². The fourth-order valence-corrected chi connectivity index (χ4v) is 7.37. The topological polar surface area (TPSA) is 94.6 Å². The van der Waals surface area contributed by atoms with Crippen molar-refractivity contribution in [3.63, 3.8) is 0 Å². The van der Waals surface area contributed by atoms with Crippen molar-refractivity contribution < 1.29 is 23.0 Å². The standard InChI is InChI=1S/C28H33F2N5O3S/c29-21-4-3-17(14-22(21)30)19-15-18(2-1-7-34-8-11-37-12-9-34)32-16-20(19)24-25-23-5-6-33-35(23)10-13-38-28(25)39-26(24)27(31)36/h3-6,14,18-20,32H,1-2,7-13,15-16H2,(H2,31,36)/t18-,19-,20+/m1/s1. The number of fused-ring (bicyclic) bond motifs is 3. The van der Waals surface area contributed by atoms with E-state index >= 15 is 0 Å². The highest BCUT2D eigenvalue weighted by Gasteiger charge is 2.39. The third-order valence-electron chi connectivity index (χ3n) is 8.17. The third-order valence-corrected chi connectivity index (χ3v) is 9.30. The summed E-state index contributed by atoms with van der Waals surface area (Å²) in [6, 6.07) is 6.29. The van der Waals surface area contributed by atoms with Gasteiger partial charge in [0.25, 0.3) is 5.91 Å². The number of primary amides is 1. The minimum absolute atomic E-state index is 0.147. The number of hydrogen-bond acceptors (Lipinski definition) is 7. The largest absolute Gasteiger partial charge is 0.481 e. The van der Waals surface area contributed by atoms with Crippen LogP contribution in [0.25, 0.3) is 11.3 Å². The average Bonchev–Trinajstić information content (AvgIpc) is 3.51. The van der Waals surface area contributed by atoms with Crippen molar-refractivity contribution in [1.82, 2.24) is 20.0 Å². The molecule has 6 rings (SSSR count). The van der Waals surface area contributed by atoms with Crippen LogP contribution in [0.1, 0.15) is 51.9 Å². The predicted octanol–water partition coefficient (Wildman–Crippen LogP) is 3.72. The third kappa shape index (κ3) is 5.32. The lowest BCUT2D eigenvalue weighted by molar-refractivity contribution is 0.0367. The fourth-order valence-electron chi connectivity index (χ4n) is 6.26. The van der Waals surface area contributed by atoms with Gasteiger partial charge in [0.05, 0.1) is 35.9 Å². The Morgan fingerprint density at radius 3 is 2.77 bits per heavy atom. The van der Waals surface area contributed by atoms with E-state index < -0.39 is 17.5 Å². The molecule has 2 aromatic heterocycles. The van der Waals surface area contributed by atoms with E-state index in [9.17, 15) is 13.6 Å². The molecule has 8 nitrogen and oxygen atoms in total. The van der Waals surface area contributed by atoms with Crippen molar-refractivity contribution >= 4 is 17.2 Å². The number of halogens is 2. The Morgan fingerprint density at radius 1 is 1.13 bits per heavy atom. The van der Waals surface area contributed by atoms with Gasteiger partial charge < -0.3 is 20.5 Å². The summed E-state index contributed by atoms with van der Waals surface area (Å²) in [5.41, 5.74) is 9.14. The number of nitrogens with zero attached hydrogens (tertiary/aromatic N) is 3. The lowest BCUT2D eigenvalue weighted by Crippen LogP contribution is -2.43. The quantitative estimate of drug-likeness (QED) is 0.460. The van der Waals surface area contributed by atoms with Crippen LogP contribution in [0.3, 0.4) is 0 Å². The van der Waals surface area contributed by atoms with Crippen LogP contribution in [0.15, 0.2) is 30.5 Å². The number of morpholine rings is 1. The van der Waals surface area contributed by atoms with Gasteiger partial charge in [0.1, 0.15) is 6.61 Å². The van der Waals surface area contributed by atoms with Crippen molar-refractivity contribution in [2.24, 2.45) is 5.73 Å².